The average molecular weight is 256 g/mol. The molecule has 19 heavy (non-hydrogen) atoms. The zero-order valence-electron chi connectivity index (χ0n) is 11.1. The van der Waals surface area contributed by atoms with Crippen LogP contribution in [0.2, 0.25) is 0 Å². The van der Waals surface area contributed by atoms with E-state index in [4.69, 9.17) is 4.74 Å². The fraction of sp³-hybridized carbons (Fsp3) is 0.412. The molecule has 0 saturated heterocycles. The van der Waals surface area contributed by atoms with E-state index >= 15 is 0 Å². The molecule has 2 heteroatoms. The molecule has 1 aliphatic carbocycles. The van der Waals surface area contributed by atoms with Gasteiger partial charge in [0.2, 0.25) is 0 Å². The van der Waals surface area contributed by atoms with Crippen LogP contribution in [0.5, 0.6) is 5.75 Å². The third kappa shape index (κ3) is 2.90. The third-order valence-corrected chi connectivity index (χ3v) is 4.09. The van der Waals surface area contributed by atoms with E-state index in [-0.39, 0.29) is 6.10 Å². The first-order valence-electron chi connectivity index (χ1n) is 7.12. The lowest BCUT2D eigenvalue weighted by molar-refractivity contribution is 0.0594. The van der Waals surface area contributed by atoms with Crippen molar-refractivity contribution < 1.29 is 9.84 Å². The van der Waals surface area contributed by atoms with Crippen LogP contribution in [0.25, 0.3) is 10.8 Å². The van der Waals surface area contributed by atoms with Crippen molar-refractivity contribution >= 4 is 10.8 Å². The van der Waals surface area contributed by atoms with Crippen molar-refractivity contribution in [3.05, 3.63) is 42.5 Å². The molecule has 0 amide bonds. The summed E-state index contributed by atoms with van der Waals surface area (Å²) in [6, 6.07) is 14.3. The number of hydrogen-bond donors (Lipinski definition) is 1. The van der Waals surface area contributed by atoms with Crippen molar-refractivity contribution in [2.75, 3.05) is 6.61 Å². The fourth-order valence-corrected chi connectivity index (χ4v) is 2.92. The first-order chi connectivity index (χ1) is 9.33. The van der Waals surface area contributed by atoms with E-state index in [2.05, 4.69) is 18.2 Å². The number of fused-ring (bicyclic) bond motifs is 1. The Morgan fingerprint density at radius 3 is 2.58 bits per heavy atom. The third-order valence-electron chi connectivity index (χ3n) is 4.09. The summed E-state index contributed by atoms with van der Waals surface area (Å²) in [6.45, 7) is 0.406. The average Bonchev–Trinajstić information content (AvgIpc) is 2.99. The minimum Gasteiger partial charge on any atom is -0.491 e. The number of aliphatic hydroxyl groups is 1. The minimum absolute atomic E-state index is 0.325. The maximum absolute atomic E-state index is 10.1. The number of ether oxygens (including phenoxy) is 1. The number of hydrogen-bond acceptors (Lipinski definition) is 2. The normalized spacial score (nSPS) is 17.7. The van der Waals surface area contributed by atoms with Crippen LogP contribution in [-0.2, 0) is 0 Å². The molecule has 0 aliphatic heterocycles. The van der Waals surface area contributed by atoms with Crippen LogP contribution in [0.4, 0.5) is 0 Å². The van der Waals surface area contributed by atoms with E-state index in [0.717, 1.165) is 18.6 Å². The lowest BCUT2D eigenvalue weighted by Gasteiger charge is -2.18. The minimum atomic E-state index is -0.325. The van der Waals surface area contributed by atoms with Crippen LogP contribution < -0.4 is 4.74 Å². The molecule has 1 fully saturated rings. The van der Waals surface area contributed by atoms with Crippen molar-refractivity contribution in [2.24, 2.45) is 5.92 Å². The quantitative estimate of drug-likeness (QED) is 0.902. The van der Waals surface area contributed by atoms with Gasteiger partial charge in [-0.2, -0.15) is 0 Å². The van der Waals surface area contributed by atoms with Gasteiger partial charge in [0.15, 0.2) is 0 Å². The highest BCUT2D eigenvalue weighted by atomic mass is 16.5. The molecule has 0 bridgehead atoms. The van der Waals surface area contributed by atoms with Crippen molar-refractivity contribution in [2.45, 2.75) is 31.8 Å². The molecule has 0 aromatic heterocycles. The molecule has 2 aromatic rings. The largest absolute Gasteiger partial charge is 0.491 e. The highest BCUT2D eigenvalue weighted by Crippen LogP contribution is 2.28. The van der Waals surface area contributed by atoms with Gasteiger partial charge in [-0.05, 0) is 41.7 Å². The number of rotatable bonds is 4. The Hall–Kier alpha value is -1.54. The van der Waals surface area contributed by atoms with E-state index in [0.29, 0.717) is 12.5 Å². The Kier molecular flexibility index (Phi) is 3.69. The molecule has 100 valence electrons. The zero-order valence-corrected chi connectivity index (χ0v) is 11.1. The molecule has 1 aliphatic rings. The van der Waals surface area contributed by atoms with E-state index in [1.54, 1.807) is 0 Å². The molecule has 0 spiro atoms. The number of benzene rings is 2. The molecule has 2 nitrogen and oxygen atoms in total. The lowest BCUT2D eigenvalue weighted by Crippen LogP contribution is -2.25. The predicted molar refractivity (Wildman–Crippen MR) is 77.4 cm³/mol. The second-order valence-electron chi connectivity index (χ2n) is 5.43. The number of aliphatic hydroxyl groups excluding tert-OH is 1. The topological polar surface area (TPSA) is 29.5 Å². The Labute approximate surface area is 114 Å². The van der Waals surface area contributed by atoms with Crippen molar-refractivity contribution in [1.29, 1.82) is 0 Å². The van der Waals surface area contributed by atoms with Crippen LogP contribution in [0.3, 0.4) is 0 Å². The summed E-state index contributed by atoms with van der Waals surface area (Å²) in [5, 5.41) is 12.5. The summed E-state index contributed by atoms with van der Waals surface area (Å²) >= 11 is 0. The highest BCUT2D eigenvalue weighted by molar-refractivity contribution is 5.83. The molecular formula is C17H20O2. The second-order valence-corrected chi connectivity index (χ2v) is 5.43. The van der Waals surface area contributed by atoms with Crippen LogP contribution >= 0.6 is 0 Å². The molecule has 1 saturated carbocycles. The molecule has 0 heterocycles. The first-order valence-corrected chi connectivity index (χ1v) is 7.12. The first kappa shape index (κ1) is 12.5. The van der Waals surface area contributed by atoms with Gasteiger partial charge in [-0.1, -0.05) is 43.2 Å². The molecule has 0 radical (unpaired) electrons. The summed E-state index contributed by atoms with van der Waals surface area (Å²) in [6.07, 6.45) is 4.45. The molecule has 3 rings (SSSR count). The van der Waals surface area contributed by atoms with Gasteiger partial charge >= 0.3 is 0 Å². The van der Waals surface area contributed by atoms with Gasteiger partial charge in [-0.3, -0.25) is 0 Å². The Bertz CT molecular complexity index is 544. The van der Waals surface area contributed by atoms with Gasteiger partial charge in [-0.25, -0.2) is 0 Å². The van der Waals surface area contributed by atoms with Gasteiger partial charge in [0.1, 0.15) is 12.4 Å². The summed E-state index contributed by atoms with van der Waals surface area (Å²) < 4.78 is 5.74. The van der Waals surface area contributed by atoms with E-state index in [1.165, 1.54) is 23.6 Å². The SMILES string of the molecule is OC(COc1ccc2ccccc2c1)C1CCCC1. The summed E-state index contributed by atoms with van der Waals surface area (Å²) in [4.78, 5) is 0. The predicted octanol–water partition coefficient (Wildman–Crippen LogP) is 3.77. The van der Waals surface area contributed by atoms with Gasteiger partial charge in [-0.15, -0.1) is 0 Å². The zero-order chi connectivity index (χ0) is 13.1. The second kappa shape index (κ2) is 5.62. The molecule has 1 N–H and O–H groups in total. The lowest BCUT2D eigenvalue weighted by atomic mass is 10.0. The molecule has 1 unspecified atom stereocenters. The summed E-state index contributed by atoms with van der Waals surface area (Å²) in [7, 11) is 0. The van der Waals surface area contributed by atoms with E-state index in [1.807, 2.05) is 24.3 Å². The fourth-order valence-electron chi connectivity index (χ4n) is 2.92. The van der Waals surface area contributed by atoms with E-state index in [9.17, 15) is 5.11 Å². The van der Waals surface area contributed by atoms with Gasteiger partial charge in [0.25, 0.3) is 0 Å². The van der Waals surface area contributed by atoms with Crippen molar-refractivity contribution in [3.63, 3.8) is 0 Å². The molecular weight excluding hydrogens is 236 g/mol. The standard InChI is InChI=1S/C17H20O2/c18-17(14-6-2-3-7-14)12-19-16-10-9-13-5-1-4-8-15(13)11-16/h1,4-5,8-11,14,17-18H,2-3,6-7,12H2. The Balaban J connectivity index is 1.64. The Morgan fingerprint density at radius 2 is 1.79 bits per heavy atom. The van der Waals surface area contributed by atoms with Crippen LogP contribution in [-0.4, -0.2) is 17.8 Å². The van der Waals surface area contributed by atoms with Crippen molar-refractivity contribution in [1.82, 2.24) is 0 Å². The molecule has 1 atom stereocenters. The monoisotopic (exact) mass is 256 g/mol. The van der Waals surface area contributed by atoms with Crippen LogP contribution in [0.1, 0.15) is 25.7 Å². The maximum Gasteiger partial charge on any atom is 0.120 e. The smallest absolute Gasteiger partial charge is 0.120 e. The van der Waals surface area contributed by atoms with Crippen LogP contribution in [0.15, 0.2) is 42.5 Å². The van der Waals surface area contributed by atoms with E-state index < -0.39 is 0 Å². The maximum atomic E-state index is 10.1. The summed E-state index contributed by atoms with van der Waals surface area (Å²) in [5.74, 6) is 1.27. The van der Waals surface area contributed by atoms with Gasteiger partial charge in [0, 0.05) is 0 Å². The van der Waals surface area contributed by atoms with Gasteiger partial charge < -0.3 is 9.84 Å². The molecule has 2 aromatic carbocycles. The van der Waals surface area contributed by atoms with Crippen LogP contribution in [0, 0.1) is 5.92 Å². The highest BCUT2D eigenvalue weighted by Gasteiger charge is 2.23. The summed E-state index contributed by atoms with van der Waals surface area (Å²) in [5.41, 5.74) is 0. The van der Waals surface area contributed by atoms with Gasteiger partial charge in [0.05, 0.1) is 6.10 Å². The van der Waals surface area contributed by atoms with Crippen molar-refractivity contribution in [3.8, 4) is 5.75 Å². The Morgan fingerprint density at radius 1 is 1.05 bits per heavy atom.